The quantitative estimate of drug-likeness (QED) is 0.199. The minimum absolute atomic E-state index is 0.220. The number of carbonyl (C=O) groups is 2. The van der Waals surface area contributed by atoms with Crippen molar-refractivity contribution in [3.8, 4) is 22.9 Å². The van der Waals surface area contributed by atoms with Crippen molar-refractivity contribution in [2.75, 3.05) is 25.6 Å². The second-order valence-corrected chi connectivity index (χ2v) is 8.88. The number of hydrazone groups is 1. The molecule has 1 heterocycles. The summed E-state index contributed by atoms with van der Waals surface area (Å²) in [6, 6.07) is 23.7. The van der Waals surface area contributed by atoms with Gasteiger partial charge in [-0.25, -0.2) is 5.43 Å². The zero-order valence-electron chi connectivity index (χ0n) is 22.9. The van der Waals surface area contributed by atoms with Gasteiger partial charge in [-0.05, 0) is 87.0 Å². The van der Waals surface area contributed by atoms with Gasteiger partial charge in [-0.2, -0.15) is 5.10 Å². The molecule has 0 bridgehead atoms. The fourth-order valence-corrected chi connectivity index (χ4v) is 4.16. The monoisotopic (exact) mass is 540 g/mol. The van der Waals surface area contributed by atoms with Crippen molar-refractivity contribution in [1.29, 1.82) is 0 Å². The van der Waals surface area contributed by atoms with Gasteiger partial charge in [-0.1, -0.05) is 18.2 Å². The van der Waals surface area contributed by atoms with Crippen molar-refractivity contribution in [3.63, 3.8) is 0 Å². The molecule has 0 aliphatic carbocycles. The predicted octanol–water partition coefficient (Wildman–Crippen LogP) is 5.28. The minimum atomic E-state index is -0.341. The van der Waals surface area contributed by atoms with E-state index in [0.29, 0.717) is 40.7 Å². The van der Waals surface area contributed by atoms with Gasteiger partial charge in [0.05, 0.1) is 25.6 Å². The van der Waals surface area contributed by atoms with E-state index in [0.717, 1.165) is 17.1 Å². The summed E-state index contributed by atoms with van der Waals surface area (Å²) in [5.74, 6) is 0.747. The Bertz CT molecular complexity index is 1510. The number of aryl methyl sites for hydroxylation is 2. The normalized spacial score (nSPS) is 10.8. The van der Waals surface area contributed by atoms with Crippen LogP contribution < -0.4 is 25.0 Å². The summed E-state index contributed by atoms with van der Waals surface area (Å²) in [6.07, 6.45) is 1.52. The first kappa shape index (κ1) is 28.0. The first-order valence-corrected chi connectivity index (χ1v) is 12.8. The number of ether oxygens (including phenoxy) is 3. The number of rotatable bonds is 11. The lowest BCUT2D eigenvalue weighted by Crippen LogP contribution is -2.20. The Hall–Kier alpha value is -5.05. The Morgan fingerprint density at radius 3 is 2.40 bits per heavy atom. The van der Waals surface area contributed by atoms with Crippen LogP contribution in [0.4, 0.5) is 5.69 Å². The molecule has 40 heavy (non-hydrogen) atoms. The molecular formula is C31H32N4O5. The molecule has 0 saturated carbocycles. The van der Waals surface area contributed by atoms with Crippen LogP contribution in [0.15, 0.2) is 84.0 Å². The SMILES string of the molecule is CCOc1cc(/C=N\NC(=O)c2cccc(-n3c(C)ccc3C)c2)ccc1OCC(=O)Nc1ccccc1OC. The largest absolute Gasteiger partial charge is 0.495 e. The lowest BCUT2D eigenvalue weighted by atomic mass is 10.2. The third-order valence-corrected chi connectivity index (χ3v) is 6.02. The maximum absolute atomic E-state index is 12.7. The number of hydrogen-bond acceptors (Lipinski definition) is 6. The van der Waals surface area contributed by atoms with Gasteiger partial charge in [0.2, 0.25) is 0 Å². The predicted molar refractivity (Wildman–Crippen MR) is 155 cm³/mol. The van der Waals surface area contributed by atoms with Gasteiger partial charge in [0.1, 0.15) is 5.75 Å². The highest BCUT2D eigenvalue weighted by molar-refractivity contribution is 5.95. The number of methoxy groups -OCH3 is 1. The molecule has 0 unspecified atom stereocenters. The molecular weight excluding hydrogens is 508 g/mol. The van der Waals surface area contributed by atoms with Crippen LogP contribution in [0.1, 0.15) is 34.2 Å². The summed E-state index contributed by atoms with van der Waals surface area (Å²) in [5.41, 5.74) is 7.38. The minimum Gasteiger partial charge on any atom is -0.495 e. The molecule has 4 rings (SSSR count). The zero-order chi connectivity index (χ0) is 28.5. The highest BCUT2D eigenvalue weighted by atomic mass is 16.5. The molecule has 0 aliphatic rings. The van der Waals surface area contributed by atoms with E-state index in [1.807, 2.05) is 57.2 Å². The highest BCUT2D eigenvalue weighted by Crippen LogP contribution is 2.28. The Kier molecular flexibility index (Phi) is 9.19. The molecule has 3 aromatic carbocycles. The van der Waals surface area contributed by atoms with E-state index in [4.69, 9.17) is 14.2 Å². The van der Waals surface area contributed by atoms with E-state index in [2.05, 4.69) is 20.4 Å². The molecule has 0 spiro atoms. The number of para-hydroxylation sites is 2. The summed E-state index contributed by atoms with van der Waals surface area (Å²) in [4.78, 5) is 25.2. The average molecular weight is 541 g/mol. The number of amides is 2. The number of hydrogen-bond donors (Lipinski definition) is 2. The lowest BCUT2D eigenvalue weighted by Gasteiger charge is -2.13. The molecule has 0 radical (unpaired) electrons. The molecule has 0 aliphatic heterocycles. The van der Waals surface area contributed by atoms with Crippen LogP contribution >= 0.6 is 0 Å². The van der Waals surface area contributed by atoms with Crippen LogP contribution in [0.25, 0.3) is 5.69 Å². The van der Waals surface area contributed by atoms with Crippen LogP contribution in [0.3, 0.4) is 0 Å². The number of benzene rings is 3. The molecule has 9 heteroatoms. The van der Waals surface area contributed by atoms with Gasteiger partial charge in [0, 0.05) is 22.6 Å². The number of aromatic nitrogens is 1. The number of anilines is 1. The Morgan fingerprint density at radius 2 is 1.65 bits per heavy atom. The van der Waals surface area contributed by atoms with Gasteiger partial charge in [0.25, 0.3) is 11.8 Å². The average Bonchev–Trinajstić information content (AvgIpc) is 3.30. The van der Waals surface area contributed by atoms with Gasteiger partial charge in [-0.3, -0.25) is 9.59 Å². The second kappa shape index (κ2) is 13.1. The summed E-state index contributed by atoms with van der Waals surface area (Å²) in [5, 5.41) is 6.88. The Morgan fingerprint density at radius 1 is 0.875 bits per heavy atom. The van der Waals surface area contributed by atoms with Crippen LogP contribution in [0, 0.1) is 13.8 Å². The van der Waals surface area contributed by atoms with E-state index in [1.165, 1.54) is 13.3 Å². The molecule has 9 nitrogen and oxygen atoms in total. The molecule has 2 amide bonds. The number of nitrogens with zero attached hydrogens (tertiary/aromatic N) is 2. The van der Waals surface area contributed by atoms with E-state index in [9.17, 15) is 9.59 Å². The molecule has 206 valence electrons. The maximum atomic E-state index is 12.7. The summed E-state index contributed by atoms with van der Waals surface area (Å²) < 4.78 is 18.8. The van der Waals surface area contributed by atoms with Crippen LogP contribution in [-0.4, -0.2) is 42.9 Å². The van der Waals surface area contributed by atoms with Crippen molar-refractivity contribution in [2.45, 2.75) is 20.8 Å². The molecule has 1 aromatic heterocycles. The van der Waals surface area contributed by atoms with Crippen LogP contribution in [0.2, 0.25) is 0 Å². The molecule has 2 N–H and O–H groups in total. The van der Waals surface area contributed by atoms with E-state index >= 15 is 0 Å². The van der Waals surface area contributed by atoms with Crippen molar-refractivity contribution in [1.82, 2.24) is 9.99 Å². The smallest absolute Gasteiger partial charge is 0.271 e. The number of nitrogens with one attached hydrogen (secondary N) is 2. The Balaban J connectivity index is 1.38. The fraction of sp³-hybridized carbons (Fsp3) is 0.194. The van der Waals surface area contributed by atoms with Gasteiger partial charge in [0.15, 0.2) is 18.1 Å². The lowest BCUT2D eigenvalue weighted by molar-refractivity contribution is -0.118. The van der Waals surface area contributed by atoms with Crippen LogP contribution in [-0.2, 0) is 4.79 Å². The van der Waals surface area contributed by atoms with Crippen LogP contribution in [0.5, 0.6) is 17.2 Å². The first-order chi connectivity index (χ1) is 19.4. The van der Waals surface area contributed by atoms with E-state index in [-0.39, 0.29) is 18.4 Å². The van der Waals surface area contributed by atoms with Crippen molar-refractivity contribution < 1.29 is 23.8 Å². The second-order valence-electron chi connectivity index (χ2n) is 8.88. The summed E-state index contributed by atoms with van der Waals surface area (Å²) in [7, 11) is 1.54. The van der Waals surface area contributed by atoms with Crippen molar-refractivity contribution >= 4 is 23.7 Å². The summed E-state index contributed by atoms with van der Waals surface area (Å²) >= 11 is 0. The van der Waals surface area contributed by atoms with Gasteiger partial charge in [-0.15, -0.1) is 0 Å². The third-order valence-electron chi connectivity index (χ3n) is 6.02. The zero-order valence-corrected chi connectivity index (χ0v) is 22.9. The first-order valence-electron chi connectivity index (χ1n) is 12.8. The fourth-order valence-electron chi connectivity index (χ4n) is 4.16. The third kappa shape index (κ3) is 6.87. The van der Waals surface area contributed by atoms with Gasteiger partial charge >= 0.3 is 0 Å². The van der Waals surface area contributed by atoms with Crippen molar-refractivity contribution in [2.24, 2.45) is 5.10 Å². The molecule has 4 aromatic rings. The van der Waals surface area contributed by atoms with Crippen molar-refractivity contribution in [3.05, 3.63) is 101 Å². The van der Waals surface area contributed by atoms with E-state index in [1.54, 1.807) is 42.5 Å². The van der Waals surface area contributed by atoms with E-state index < -0.39 is 0 Å². The number of carbonyl (C=O) groups excluding carboxylic acids is 2. The standard InChI is InChI=1S/C31H32N4O5/c1-5-39-29-17-23(15-16-28(29)40-20-30(36)33-26-11-6-7-12-27(26)38-4)19-32-34-31(37)24-9-8-10-25(18-24)35-21(2)13-14-22(35)3/h6-19H,5,20H2,1-4H3,(H,33,36)(H,34,37)/b32-19-. The Labute approximate surface area is 233 Å². The highest BCUT2D eigenvalue weighted by Gasteiger charge is 2.12. The molecule has 0 atom stereocenters. The molecule has 0 saturated heterocycles. The summed E-state index contributed by atoms with van der Waals surface area (Å²) in [6.45, 7) is 6.08. The molecule has 0 fully saturated rings. The maximum Gasteiger partial charge on any atom is 0.271 e. The van der Waals surface area contributed by atoms with Gasteiger partial charge < -0.3 is 24.1 Å². The topological polar surface area (TPSA) is 103 Å².